The Bertz CT molecular complexity index is 1090. The number of nitrogens with one attached hydrogen (secondary N) is 1. The summed E-state index contributed by atoms with van der Waals surface area (Å²) in [5.74, 6) is -0.997. The third-order valence-electron chi connectivity index (χ3n) is 4.32. The summed E-state index contributed by atoms with van der Waals surface area (Å²) in [6, 6.07) is 9.07. The van der Waals surface area contributed by atoms with E-state index >= 15 is 0 Å². The van der Waals surface area contributed by atoms with E-state index < -0.39 is 17.7 Å². The molecule has 0 radical (unpaired) electrons. The zero-order valence-electron chi connectivity index (χ0n) is 16.4. The van der Waals surface area contributed by atoms with E-state index in [-0.39, 0.29) is 34.2 Å². The van der Waals surface area contributed by atoms with Crippen LogP contribution in [0.25, 0.3) is 11.3 Å². The van der Waals surface area contributed by atoms with Gasteiger partial charge in [0.05, 0.1) is 17.7 Å². The second-order valence-electron chi connectivity index (χ2n) is 6.35. The summed E-state index contributed by atoms with van der Waals surface area (Å²) in [5.41, 5.74) is 1.27. The fourth-order valence-corrected chi connectivity index (χ4v) is 3.04. The predicted octanol–water partition coefficient (Wildman–Crippen LogP) is 4.56. The number of amides is 1. The summed E-state index contributed by atoms with van der Waals surface area (Å²) in [4.78, 5) is 24.1. The number of ether oxygens (including phenoxy) is 2. The molecule has 0 aliphatic carbocycles. The lowest BCUT2D eigenvalue weighted by atomic mass is 10.0. The number of hydrogen-bond donors (Lipinski definition) is 1. The number of carbonyl (C=O) groups excluding carboxylic acids is 2. The number of anilines is 1. The van der Waals surface area contributed by atoms with Gasteiger partial charge in [-0.15, -0.1) is 0 Å². The summed E-state index contributed by atoms with van der Waals surface area (Å²) in [6.07, 6.45) is 0. The minimum absolute atomic E-state index is 0.00977. The van der Waals surface area contributed by atoms with Crippen LogP contribution in [0.3, 0.4) is 0 Å². The second-order valence-corrected chi connectivity index (χ2v) is 6.76. The fourth-order valence-electron chi connectivity index (χ4n) is 2.79. The highest BCUT2D eigenvalue weighted by molar-refractivity contribution is 6.33. The van der Waals surface area contributed by atoms with Gasteiger partial charge < -0.3 is 19.3 Å². The van der Waals surface area contributed by atoms with E-state index in [1.807, 2.05) is 0 Å². The van der Waals surface area contributed by atoms with Crippen molar-refractivity contribution in [3.8, 4) is 17.0 Å². The monoisotopic (exact) mass is 432 g/mol. The molecule has 1 amide bonds. The molecule has 9 heteroatoms. The van der Waals surface area contributed by atoms with Crippen LogP contribution < -0.4 is 10.1 Å². The lowest BCUT2D eigenvalue weighted by Gasteiger charge is -2.11. The normalized spacial score (nSPS) is 10.6. The van der Waals surface area contributed by atoms with E-state index in [2.05, 4.69) is 15.2 Å². The van der Waals surface area contributed by atoms with Crippen LogP contribution in [-0.2, 0) is 9.53 Å². The Hall–Kier alpha value is -3.39. The summed E-state index contributed by atoms with van der Waals surface area (Å²) < 4.78 is 29.3. The average molecular weight is 433 g/mol. The van der Waals surface area contributed by atoms with Crippen LogP contribution in [0.1, 0.15) is 21.7 Å². The van der Waals surface area contributed by atoms with Gasteiger partial charge in [-0.25, -0.2) is 9.18 Å². The number of nitrogens with zero attached hydrogens (tertiary/aromatic N) is 1. The SMILES string of the molecule is COC(=O)COc1ccc(NC(=O)c2c(-c3c(F)cccc3Cl)noc2C)c(C)c1. The average Bonchev–Trinajstić information content (AvgIpc) is 3.09. The van der Waals surface area contributed by atoms with Gasteiger partial charge in [-0.05, 0) is 49.7 Å². The number of rotatable bonds is 6. The van der Waals surface area contributed by atoms with Crippen molar-refractivity contribution in [3.05, 3.63) is 64.1 Å². The van der Waals surface area contributed by atoms with E-state index in [0.29, 0.717) is 17.0 Å². The van der Waals surface area contributed by atoms with E-state index in [1.54, 1.807) is 32.0 Å². The van der Waals surface area contributed by atoms with Crippen LogP contribution in [-0.4, -0.2) is 30.7 Å². The van der Waals surface area contributed by atoms with Gasteiger partial charge in [-0.1, -0.05) is 22.8 Å². The van der Waals surface area contributed by atoms with E-state index in [1.165, 1.54) is 25.3 Å². The number of halogens is 2. The molecule has 1 heterocycles. The Kier molecular flexibility index (Phi) is 6.37. The first kappa shape index (κ1) is 21.3. The standard InChI is InChI=1S/C21H18ClFN2O5/c1-11-9-13(29-10-17(26)28-3)7-8-16(11)24-21(27)18-12(2)30-25-20(18)19-14(22)5-4-6-15(19)23/h4-9H,10H2,1-3H3,(H,24,27). The molecule has 0 saturated carbocycles. The Morgan fingerprint density at radius 3 is 2.67 bits per heavy atom. The van der Waals surface area contributed by atoms with Gasteiger partial charge in [0, 0.05) is 5.69 Å². The Morgan fingerprint density at radius 1 is 1.23 bits per heavy atom. The molecule has 0 fully saturated rings. The van der Waals surface area contributed by atoms with Gasteiger partial charge in [0.15, 0.2) is 6.61 Å². The molecule has 0 unspecified atom stereocenters. The maximum absolute atomic E-state index is 14.3. The van der Waals surface area contributed by atoms with Gasteiger partial charge in [0.25, 0.3) is 5.91 Å². The third kappa shape index (κ3) is 4.44. The molecule has 0 spiro atoms. The lowest BCUT2D eigenvalue weighted by Crippen LogP contribution is -2.15. The first-order chi connectivity index (χ1) is 14.3. The number of aryl methyl sites for hydroxylation is 2. The highest BCUT2D eigenvalue weighted by atomic mass is 35.5. The minimum atomic E-state index is -0.617. The maximum Gasteiger partial charge on any atom is 0.343 e. The number of methoxy groups -OCH3 is 1. The van der Waals surface area contributed by atoms with Crippen LogP contribution in [0.15, 0.2) is 40.9 Å². The zero-order valence-corrected chi connectivity index (χ0v) is 17.2. The number of hydrogen-bond acceptors (Lipinski definition) is 6. The topological polar surface area (TPSA) is 90.7 Å². The molecule has 3 rings (SSSR count). The number of carbonyl (C=O) groups is 2. The first-order valence-electron chi connectivity index (χ1n) is 8.84. The summed E-state index contributed by atoms with van der Waals surface area (Å²) in [5, 5.41) is 6.70. The van der Waals surface area contributed by atoms with Crippen molar-refractivity contribution in [2.24, 2.45) is 0 Å². The summed E-state index contributed by atoms with van der Waals surface area (Å²) in [6.45, 7) is 3.08. The van der Waals surface area contributed by atoms with E-state index in [9.17, 15) is 14.0 Å². The van der Waals surface area contributed by atoms with Crippen LogP contribution >= 0.6 is 11.6 Å². The molecule has 1 N–H and O–H groups in total. The Balaban J connectivity index is 1.86. The molecule has 0 aliphatic rings. The van der Waals surface area contributed by atoms with Crippen molar-refractivity contribution in [2.75, 3.05) is 19.0 Å². The van der Waals surface area contributed by atoms with Crippen molar-refractivity contribution < 1.29 is 28.0 Å². The number of aromatic nitrogens is 1. The van der Waals surface area contributed by atoms with Gasteiger partial charge in [0.1, 0.15) is 28.6 Å². The molecule has 3 aromatic rings. The van der Waals surface area contributed by atoms with E-state index in [4.69, 9.17) is 20.9 Å². The first-order valence-corrected chi connectivity index (χ1v) is 9.22. The molecule has 0 saturated heterocycles. The second kappa shape index (κ2) is 8.96. The molecule has 7 nitrogen and oxygen atoms in total. The molecule has 30 heavy (non-hydrogen) atoms. The van der Waals surface area contributed by atoms with Crippen molar-refractivity contribution in [2.45, 2.75) is 13.8 Å². The van der Waals surface area contributed by atoms with Crippen molar-refractivity contribution >= 4 is 29.2 Å². The van der Waals surface area contributed by atoms with Gasteiger partial charge in [-0.3, -0.25) is 4.79 Å². The fraction of sp³-hybridized carbons (Fsp3) is 0.190. The molecule has 0 atom stereocenters. The summed E-state index contributed by atoms with van der Waals surface area (Å²) in [7, 11) is 1.27. The van der Waals surface area contributed by atoms with Crippen LogP contribution in [0.2, 0.25) is 5.02 Å². The molecule has 2 aromatic carbocycles. The summed E-state index contributed by atoms with van der Waals surface area (Å²) >= 11 is 6.12. The van der Waals surface area contributed by atoms with Gasteiger partial charge in [-0.2, -0.15) is 0 Å². The Morgan fingerprint density at radius 2 is 2.00 bits per heavy atom. The van der Waals surface area contributed by atoms with Crippen LogP contribution in [0.5, 0.6) is 5.75 Å². The molecular formula is C21H18ClFN2O5. The lowest BCUT2D eigenvalue weighted by molar-refractivity contribution is -0.142. The third-order valence-corrected chi connectivity index (χ3v) is 4.63. The van der Waals surface area contributed by atoms with Gasteiger partial charge >= 0.3 is 5.97 Å². The van der Waals surface area contributed by atoms with Crippen molar-refractivity contribution in [1.29, 1.82) is 0 Å². The smallest absolute Gasteiger partial charge is 0.343 e. The highest BCUT2D eigenvalue weighted by Gasteiger charge is 2.25. The minimum Gasteiger partial charge on any atom is -0.482 e. The van der Waals surface area contributed by atoms with Gasteiger partial charge in [0.2, 0.25) is 0 Å². The largest absolute Gasteiger partial charge is 0.482 e. The zero-order chi connectivity index (χ0) is 21.8. The number of esters is 1. The highest BCUT2D eigenvalue weighted by Crippen LogP contribution is 2.34. The Labute approximate surface area is 176 Å². The quantitative estimate of drug-likeness (QED) is 0.574. The number of benzene rings is 2. The molecule has 156 valence electrons. The van der Waals surface area contributed by atoms with Crippen molar-refractivity contribution in [1.82, 2.24) is 5.16 Å². The molecule has 0 aliphatic heterocycles. The predicted molar refractivity (Wildman–Crippen MR) is 108 cm³/mol. The molecule has 0 bridgehead atoms. The molecular weight excluding hydrogens is 415 g/mol. The van der Waals surface area contributed by atoms with Crippen LogP contribution in [0.4, 0.5) is 10.1 Å². The molecule has 1 aromatic heterocycles. The maximum atomic E-state index is 14.3. The van der Waals surface area contributed by atoms with Crippen LogP contribution in [0, 0.1) is 19.7 Å². The van der Waals surface area contributed by atoms with E-state index in [0.717, 1.165) is 0 Å². The van der Waals surface area contributed by atoms with Crippen molar-refractivity contribution in [3.63, 3.8) is 0 Å².